The number of hydrazine groups is 1. The van der Waals surface area contributed by atoms with Gasteiger partial charge in [-0.1, -0.05) is 6.08 Å². The minimum atomic E-state index is -0.354. The lowest BCUT2D eigenvalue weighted by atomic mass is 10.2. The lowest BCUT2D eigenvalue weighted by Gasteiger charge is -2.17. The van der Waals surface area contributed by atoms with Crippen molar-refractivity contribution in [3.63, 3.8) is 0 Å². The minimum absolute atomic E-state index is 0.0746. The average Bonchev–Trinajstić information content (AvgIpc) is 3.27. The molecule has 0 aliphatic carbocycles. The number of carbonyl (C=O) groups excluding carboxylic acids is 1. The highest BCUT2D eigenvalue weighted by Crippen LogP contribution is 2.20. The highest BCUT2D eigenvalue weighted by Gasteiger charge is 2.22. The summed E-state index contributed by atoms with van der Waals surface area (Å²) < 4.78 is 1.60. The van der Waals surface area contributed by atoms with Gasteiger partial charge in [0.05, 0.1) is 17.6 Å². The van der Waals surface area contributed by atoms with Gasteiger partial charge in [-0.3, -0.25) is 9.80 Å². The van der Waals surface area contributed by atoms with Crippen LogP contribution in [-0.2, 0) is 0 Å². The molecule has 0 aromatic carbocycles. The zero-order valence-electron chi connectivity index (χ0n) is 15.1. The molecular formula is C18H20N8O. The Bertz CT molecular complexity index is 1000. The van der Waals surface area contributed by atoms with E-state index in [1.165, 1.54) is 0 Å². The molecule has 0 saturated carbocycles. The number of carbonyl (C=O) groups is 1. The monoisotopic (exact) mass is 364 g/mol. The normalized spacial score (nSPS) is 15.4. The Hall–Kier alpha value is -3.46. The molecule has 2 aliphatic rings. The SMILES string of the molecule is Cc1cnn(-c2nc(N)c(C(=O)NCC3=C4C=CC=CN4NC3)nc2C)c1. The van der Waals surface area contributed by atoms with E-state index in [1.807, 2.05) is 42.6 Å². The van der Waals surface area contributed by atoms with Crippen molar-refractivity contribution in [3.05, 3.63) is 65.0 Å². The molecule has 0 atom stereocenters. The van der Waals surface area contributed by atoms with Crippen LogP contribution in [0, 0.1) is 13.8 Å². The number of rotatable bonds is 4. The Balaban J connectivity index is 1.52. The number of hydrogen-bond acceptors (Lipinski definition) is 7. The standard InChI is InChI=1S/C18H20N8O/c1-11-7-21-26(10-11)17-12(2)23-15(16(19)24-17)18(27)20-8-13-9-22-25-6-4-3-5-14(13)25/h3-7,10,22H,8-9H2,1-2H3,(H2,19,24)(H,20,27). The van der Waals surface area contributed by atoms with E-state index >= 15 is 0 Å². The van der Waals surface area contributed by atoms with E-state index in [0.29, 0.717) is 24.6 Å². The Kier molecular flexibility index (Phi) is 4.21. The molecular weight excluding hydrogens is 344 g/mol. The maximum atomic E-state index is 12.6. The average molecular weight is 364 g/mol. The van der Waals surface area contributed by atoms with Crippen molar-refractivity contribution in [3.8, 4) is 5.82 Å². The van der Waals surface area contributed by atoms with Crippen LogP contribution in [0.1, 0.15) is 21.7 Å². The Labute approximate surface area is 156 Å². The lowest BCUT2D eigenvalue weighted by molar-refractivity contribution is 0.0952. The summed E-state index contributed by atoms with van der Waals surface area (Å²) in [6.45, 7) is 4.78. The predicted octanol–water partition coefficient (Wildman–Crippen LogP) is 0.749. The number of aromatic nitrogens is 4. The number of aryl methyl sites for hydroxylation is 2. The number of amides is 1. The van der Waals surface area contributed by atoms with Crippen molar-refractivity contribution in [1.29, 1.82) is 0 Å². The van der Waals surface area contributed by atoms with Gasteiger partial charge in [-0.05, 0) is 37.1 Å². The van der Waals surface area contributed by atoms with Crippen molar-refractivity contribution < 1.29 is 4.79 Å². The third-order valence-corrected chi connectivity index (χ3v) is 4.36. The van der Waals surface area contributed by atoms with E-state index in [0.717, 1.165) is 16.8 Å². The molecule has 2 aromatic heterocycles. The summed E-state index contributed by atoms with van der Waals surface area (Å²) in [5.41, 5.74) is 13.0. The quantitative estimate of drug-likeness (QED) is 0.733. The van der Waals surface area contributed by atoms with Crippen molar-refractivity contribution in [2.45, 2.75) is 13.8 Å². The van der Waals surface area contributed by atoms with Gasteiger partial charge >= 0.3 is 0 Å². The van der Waals surface area contributed by atoms with Crippen LogP contribution in [0.3, 0.4) is 0 Å². The van der Waals surface area contributed by atoms with Crippen LogP contribution >= 0.6 is 0 Å². The molecule has 4 N–H and O–H groups in total. The van der Waals surface area contributed by atoms with Gasteiger partial charge in [0.2, 0.25) is 0 Å². The van der Waals surface area contributed by atoms with Gasteiger partial charge in [0.25, 0.3) is 5.91 Å². The second kappa shape index (κ2) is 6.69. The van der Waals surface area contributed by atoms with E-state index in [9.17, 15) is 4.79 Å². The zero-order valence-corrected chi connectivity index (χ0v) is 15.1. The number of nitrogen functional groups attached to an aromatic ring is 1. The summed E-state index contributed by atoms with van der Waals surface area (Å²) in [6, 6.07) is 0. The van der Waals surface area contributed by atoms with Crippen LogP contribution in [0.15, 0.2) is 48.1 Å². The number of fused-ring (bicyclic) bond motifs is 1. The van der Waals surface area contributed by atoms with E-state index in [-0.39, 0.29) is 17.4 Å². The molecule has 27 heavy (non-hydrogen) atoms. The summed E-state index contributed by atoms with van der Waals surface area (Å²) in [7, 11) is 0. The van der Waals surface area contributed by atoms with Gasteiger partial charge in [0, 0.05) is 25.5 Å². The van der Waals surface area contributed by atoms with E-state index in [4.69, 9.17) is 5.73 Å². The molecule has 138 valence electrons. The van der Waals surface area contributed by atoms with Crippen LogP contribution in [0.5, 0.6) is 0 Å². The second-order valence-corrected chi connectivity index (χ2v) is 6.41. The molecule has 0 bridgehead atoms. The molecule has 0 fully saturated rings. The van der Waals surface area contributed by atoms with Gasteiger partial charge < -0.3 is 11.1 Å². The first-order valence-electron chi connectivity index (χ1n) is 8.56. The third kappa shape index (κ3) is 3.20. The van der Waals surface area contributed by atoms with Crippen LogP contribution in [0.25, 0.3) is 5.82 Å². The van der Waals surface area contributed by atoms with E-state index in [2.05, 4.69) is 25.8 Å². The van der Waals surface area contributed by atoms with Crippen LogP contribution < -0.4 is 16.5 Å². The molecule has 9 heteroatoms. The van der Waals surface area contributed by atoms with Gasteiger partial charge in [-0.25, -0.2) is 20.1 Å². The number of anilines is 1. The van der Waals surface area contributed by atoms with E-state index < -0.39 is 0 Å². The molecule has 2 aromatic rings. The van der Waals surface area contributed by atoms with E-state index in [1.54, 1.807) is 17.8 Å². The second-order valence-electron chi connectivity index (χ2n) is 6.41. The van der Waals surface area contributed by atoms with Gasteiger partial charge in [-0.15, -0.1) is 0 Å². The molecule has 0 unspecified atom stereocenters. The molecule has 0 saturated heterocycles. The molecule has 1 amide bonds. The highest BCUT2D eigenvalue weighted by molar-refractivity contribution is 5.96. The number of hydrogen-bond donors (Lipinski definition) is 3. The fourth-order valence-electron chi connectivity index (χ4n) is 3.00. The smallest absolute Gasteiger partial charge is 0.273 e. The summed E-state index contributed by atoms with van der Waals surface area (Å²) >= 11 is 0. The summed E-state index contributed by atoms with van der Waals surface area (Å²) in [5.74, 6) is 0.232. The fraction of sp³-hybridized carbons (Fsp3) is 0.222. The lowest BCUT2D eigenvalue weighted by Crippen LogP contribution is -2.29. The number of nitrogens with one attached hydrogen (secondary N) is 2. The maximum Gasteiger partial charge on any atom is 0.273 e. The van der Waals surface area contributed by atoms with Gasteiger partial charge in [0.1, 0.15) is 0 Å². The van der Waals surface area contributed by atoms with Gasteiger partial charge in [-0.2, -0.15) is 5.10 Å². The Morgan fingerprint density at radius 1 is 1.33 bits per heavy atom. The van der Waals surface area contributed by atoms with Gasteiger partial charge in [0.15, 0.2) is 17.3 Å². The van der Waals surface area contributed by atoms with Crippen LogP contribution in [-0.4, -0.2) is 43.8 Å². The largest absolute Gasteiger partial charge is 0.382 e. The molecule has 0 radical (unpaired) electrons. The van der Waals surface area contributed by atoms with Crippen molar-refractivity contribution in [1.82, 2.24) is 35.5 Å². The molecule has 4 heterocycles. The first kappa shape index (κ1) is 17.0. The minimum Gasteiger partial charge on any atom is -0.382 e. The number of allylic oxidation sites excluding steroid dienone is 3. The third-order valence-electron chi connectivity index (χ3n) is 4.36. The summed E-state index contributed by atoms with van der Waals surface area (Å²) in [6.07, 6.45) is 11.4. The summed E-state index contributed by atoms with van der Waals surface area (Å²) in [4.78, 5) is 21.3. The topological polar surface area (TPSA) is 114 Å². The van der Waals surface area contributed by atoms with Crippen molar-refractivity contribution >= 4 is 11.7 Å². The molecule has 9 nitrogen and oxygen atoms in total. The first-order valence-corrected chi connectivity index (χ1v) is 8.56. The number of nitrogens with zero attached hydrogens (tertiary/aromatic N) is 5. The summed E-state index contributed by atoms with van der Waals surface area (Å²) in [5, 5.41) is 9.03. The zero-order chi connectivity index (χ0) is 19.0. The van der Waals surface area contributed by atoms with Crippen LogP contribution in [0.2, 0.25) is 0 Å². The Morgan fingerprint density at radius 2 is 2.19 bits per heavy atom. The van der Waals surface area contributed by atoms with Crippen LogP contribution in [0.4, 0.5) is 5.82 Å². The maximum absolute atomic E-state index is 12.6. The molecule has 0 spiro atoms. The fourth-order valence-corrected chi connectivity index (χ4v) is 3.00. The predicted molar refractivity (Wildman–Crippen MR) is 101 cm³/mol. The first-order chi connectivity index (χ1) is 13.0. The van der Waals surface area contributed by atoms with Crippen molar-refractivity contribution in [2.24, 2.45) is 0 Å². The number of nitrogens with two attached hydrogens (primary N) is 1. The Morgan fingerprint density at radius 3 is 2.96 bits per heavy atom. The molecule has 2 aliphatic heterocycles. The van der Waals surface area contributed by atoms with Crippen molar-refractivity contribution in [2.75, 3.05) is 18.8 Å². The highest BCUT2D eigenvalue weighted by atomic mass is 16.1. The molecule has 4 rings (SSSR count).